The molecule has 0 bridgehead atoms. The van der Waals surface area contributed by atoms with Crippen LogP contribution in [-0.2, 0) is 16.1 Å². The first-order chi connectivity index (χ1) is 14.4. The Morgan fingerprint density at radius 1 is 1.07 bits per heavy atom. The maximum Gasteiger partial charge on any atom is 0.328 e. The molecular formula is C21H16F2N4O3. The van der Waals surface area contributed by atoms with Crippen molar-refractivity contribution >= 4 is 23.7 Å². The second kappa shape index (κ2) is 6.65. The number of carbonyl (C=O) groups is 2. The zero-order valence-corrected chi connectivity index (χ0v) is 15.8. The summed E-state index contributed by atoms with van der Waals surface area (Å²) in [6.07, 6.45) is 0.863. The summed E-state index contributed by atoms with van der Waals surface area (Å²) in [7, 11) is 1.54. The first-order valence-corrected chi connectivity index (χ1v) is 9.27. The molecule has 7 nitrogen and oxygen atoms in total. The van der Waals surface area contributed by atoms with Crippen LogP contribution in [0, 0.1) is 11.6 Å². The molecule has 0 saturated carbocycles. The third-order valence-corrected chi connectivity index (χ3v) is 5.37. The van der Waals surface area contributed by atoms with Gasteiger partial charge in [-0.05, 0) is 30.3 Å². The average Bonchev–Trinajstić information content (AvgIpc) is 3.29. The Balaban J connectivity index is 1.45. The Morgan fingerprint density at radius 2 is 1.80 bits per heavy atom. The Hall–Kier alpha value is -3.75. The van der Waals surface area contributed by atoms with Gasteiger partial charge in [0.05, 0.1) is 12.7 Å². The van der Waals surface area contributed by atoms with Gasteiger partial charge in [-0.3, -0.25) is 14.6 Å². The van der Waals surface area contributed by atoms with Crippen LogP contribution in [0.15, 0.2) is 59.7 Å². The predicted octanol–water partition coefficient (Wildman–Crippen LogP) is 2.75. The monoisotopic (exact) mass is 410 g/mol. The summed E-state index contributed by atoms with van der Waals surface area (Å²) in [6, 6.07) is 10.5. The fourth-order valence-electron chi connectivity index (χ4n) is 3.77. The van der Waals surface area contributed by atoms with Crippen molar-refractivity contribution in [3.8, 4) is 0 Å². The summed E-state index contributed by atoms with van der Waals surface area (Å²) >= 11 is 0. The molecule has 3 aliphatic rings. The molecule has 2 aromatic rings. The summed E-state index contributed by atoms with van der Waals surface area (Å²) in [4.78, 5) is 34.3. The molecule has 3 heterocycles. The van der Waals surface area contributed by atoms with Gasteiger partial charge in [0.1, 0.15) is 11.6 Å². The van der Waals surface area contributed by atoms with Crippen LogP contribution < -0.4 is 0 Å². The molecule has 0 spiro atoms. The van der Waals surface area contributed by atoms with Gasteiger partial charge in [0, 0.05) is 18.2 Å². The molecule has 2 atom stereocenters. The topological polar surface area (TPSA) is 65.5 Å². The Morgan fingerprint density at radius 3 is 2.53 bits per heavy atom. The van der Waals surface area contributed by atoms with E-state index in [0.29, 0.717) is 11.3 Å². The minimum atomic E-state index is -0.826. The van der Waals surface area contributed by atoms with Gasteiger partial charge in [-0.25, -0.2) is 18.6 Å². The number of fused-ring (bicyclic) bond motifs is 3. The van der Waals surface area contributed by atoms with E-state index in [2.05, 4.69) is 4.99 Å². The summed E-state index contributed by atoms with van der Waals surface area (Å²) in [5.74, 6) is -0.943. The van der Waals surface area contributed by atoms with Gasteiger partial charge in [-0.2, -0.15) is 0 Å². The number of halogens is 2. The summed E-state index contributed by atoms with van der Waals surface area (Å²) in [6.45, 7) is -0.184. The second-order valence-electron chi connectivity index (χ2n) is 7.19. The molecule has 9 heteroatoms. The van der Waals surface area contributed by atoms with E-state index in [1.54, 1.807) is 35.4 Å². The van der Waals surface area contributed by atoms with Gasteiger partial charge in [0.2, 0.25) is 0 Å². The normalized spacial score (nSPS) is 22.6. The molecule has 1 saturated heterocycles. The zero-order valence-electron chi connectivity index (χ0n) is 15.8. The lowest BCUT2D eigenvalue weighted by Crippen LogP contribution is -2.63. The van der Waals surface area contributed by atoms with Crippen molar-refractivity contribution < 1.29 is 23.1 Å². The van der Waals surface area contributed by atoms with Crippen LogP contribution in [0.4, 0.5) is 13.6 Å². The number of likely N-dealkylation sites (N-methyl/N-ethyl adjacent to an activating group) is 1. The number of nitrogens with zero attached hydrogens (tertiary/aromatic N) is 4. The lowest BCUT2D eigenvalue weighted by molar-refractivity contribution is -0.137. The number of hydrogen-bond donors (Lipinski definition) is 0. The Kier molecular flexibility index (Phi) is 4.05. The number of amidine groups is 1. The molecule has 2 aromatic carbocycles. The molecule has 0 N–H and O–H groups in total. The quantitative estimate of drug-likeness (QED) is 0.781. The SMILES string of the molecule is CN1C(=O)N(Cc2ccccc2F)C(=O)C2C1N=C1OC(c3ccc(F)cc3)=CN12. The highest BCUT2D eigenvalue weighted by Gasteiger charge is 2.54. The maximum atomic E-state index is 14.1. The number of hydrogen-bond acceptors (Lipinski definition) is 5. The van der Waals surface area contributed by atoms with Gasteiger partial charge in [0.15, 0.2) is 18.0 Å². The molecular weight excluding hydrogens is 394 g/mol. The van der Waals surface area contributed by atoms with Crippen LogP contribution in [0.3, 0.4) is 0 Å². The van der Waals surface area contributed by atoms with E-state index in [9.17, 15) is 18.4 Å². The van der Waals surface area contributed by atoms with Crippen LogP contribution in [0.5, 0.6) is 0 Å². The number of benzene rings is 2. The van der Waals surface area contributed by atoms with Crippen LogP contribution in [-0.4, -0.2) is 51.9 Å². The number of imide groups is 1. The van der Waals surface area contributed by atoms with Gasteiger partial charge in [0.25, 0.3) is 11.9 Å². The molecule has 2 unspecified atom stereocenters. The first-order valence-electron chi connectivity index (χ1n) is 9.27. The third-order valence-electron chi connectivity index (χ3n) is 5.37. The van der Waals surface area contributed by atoms with Crippen molar-refractivity contribution in [2.45, 2.75) is 18.8 Å². The molecule has 0 radical (unpaired) electrons. The van der Waals surface area contributed by atoms with E-state index in [1.165, 1.54) is 36.2 Å². The van der Waals surface area contributed by atoms with Crippen molar-refractivity contribution in [2.24, 2.45) is 4.99 Å². The number of amides is 3. The highest BCUT2D eigenvalue weighted by molar-refractivity contribution is 6.04. The van der Waals surface area contributed by atoms with Gasteiger partial charge >= 0.3 is 6.03 Å². The number of rotatable bonds is 3. The standard InChI is InChI=1S/C21H16F2N4O3/c1-25-18-17(19(28)27(21(25)29)10-13-4-2-3-5-15(13)23)26-11-16(30-20(26)24-18)12-6-8-14(22)9-7-12/h2-9,11,17-18H,10H2,1H3. The van der Waals surface area contributed by atoms with E-state index >= 15 is 0 Å². The van der Waals surface area contributed by atoms with Gasteiger partial charge in [-0.15, -0.1) is 0 Å². The lowest BCUT2D eigenvalue weighted by Gasteiger charge is -2.39. The van der Waals surface area contributed by atoms with Crippen molar-refractivity contribution in [1.82, 2.24) is 14.7 Å². The molecule has 3 aliphatic heterocycles. The number of carbonyl (C=O) groups excluding carboxylic acids is 2. The highest BCUT2D eigenvalue weighted by Crippen LogP contribution is 2.35. The van der Waals surface area contributed by atoms with Gasteiger partial charge < -0.3 is 9.64 Å². The number of ether oxygens (including phenoxy) is 1. The zero-order chi connectivity index (χ0) is 21.0. The molecule has 30 heavy (non-hydrogen) atoms. The molecule has 0 aromatic heterocycles. The van der Waals surface area contributed by atoms with Crippen molar-refractivity contribution in [2.75, 3.05) is 7.05 Å². The highest BCUT2D eigenvalue weighted by atomic mass is 19.1. The third kappa shape index (κ3) is 2.73. The second-order valence-corrected chi connectivity index (χ2v) is 7.19. The Bertz CT molecular complexity index is 1120. The Labute approximate surface area is 170 Å². The lowest BCUT2D eigenvalue weighted by atomic mass is 10.1. The first kappa shape index (κ1) is 18.3. The van der Waals surface area contributed by atoms with Gasteiger partial charge in [-0.1, -0.05) is 18.2 Å². The molecule has 5 rings (SSSR count). The minimum absolute atomic E-state index is 0.184. The van der Waals surface area contributed by atoms with E-state index in [0.717, 1.165) is 4.90 Å². The van der Waals surface area contributed by atoms with Crippen molar-refractivity contribution in [3.63, 3.8) is 0 Å². The van der Waals surface area contributed by atoms with Crippen molar-refractivity contribution in [1.29, 1.82) is 0 Å². The fraction of sp³-hybridized carbons (Fsp3) is 0.190. The number of aliphatic imine (C=N–C) groups is 1. The largest absolute Gasteiger partial charge is 0.423 e. The van der Waals surface area contributed by atoms with Crippen molar-refractivity contribution in [3.05, 3.63) is 77.5 Å². The van der Waals surface area contributed by atoms with Crippen LogP contribution in [0.2, 0.25) is 0 Å². The predicted molar refractivity (Wildman–Crippen MR) is 102 cm³/mol. The minimum Gasteiger partial charge on any atom is -0.423 e. The molecule has 0 aliphatic carbocycles. The van der Waals surface area contributed by atoms with E-state index in [4.69, 9.17) is 4.74 Å². The molecule has 152 valence electrons. The van der Waals surface area contributed by atoms with Crippen LogP contribution in [0.1, 0.15) is 11.1 Å². The van der Waals surface area contributed by atoms with E-state index in [1.807, 2.05) is 0 Å². The van der Waals surface area contributed by atoms with Crippen LogP contribution >= 0.6 is 0 Å². The summed E-state index contributed by atoms with van der Waals surface area (Å²) in [5.41, 5.74) is 0.867. The van der Waals surface area contributed by atoms with E-state index in [-0.39, 0.29) is 23.9 Å². The molecule has 1 fully saturated rings. The molecule has 3 amide bonds. The van der Waals surface area contributed by atoms with E-state index < -0.39 is 30.0 Å². The fourth-order valence-corrected chi connectivity index (χ4v) is 3.77. The number of urea groups is 1. The maximum absolute atomic E-state index is 14.1. The summed E-state index contributed by atoms with van der Waals surface area (Å²) < 4.78 is 33.0. The van der Waals surface area contributed by atoms with Crippen LogP contribution in [0.25, 0.3) is 5.76 Å². The smallest absolute Gasteiger partial charge is 0.328 e. The average molecular weight is 410 g/mol. The summed E-state index contributed by atoms with van der Waals surface area (Å²) in [5, 5.41) is 0.